The number of benzene rings is 1. The summed E-state index contributed by atoms with van der Waals surface area (Å²) in [7, 11) is 0. The van der Waals surface area contributed by atoms with Crippen molar-refractivity contribution in [3.63, 3.8) is 0 Å². The molecule has 0 atom stereocenters. The minimum atomic E-state index is -0.314. The van der Waals surface area contributed by atoms with Crippen molar-refractivity contribution >= 4 is 29.0 Å². The fourth-order valence-electron chi connectivity index (χ4n) is 0.798. The van der Waals surface area contributed by atoms with Gasteiger partial charge in [-0.1, -0.05) is 5.56 Å². The van der Waals surface area contributed by atoms with Crippen LogP contribution in [-0.4, -0.2) is 35.1 Å². The predicted molar refractivity (Wildman–Crippen MR) is 51.6 cm³/mol. The van der Waals surface area contributed by atoms with Gasteiger partial charge in [0.2, 0.25) is 5.97 Å². The molecule has 4 heteroatoms. The maximum absolute atomic E-state index is 11.2. The van der Waals surface area contributed by atoms with E-state index in [2.05, 4.69) is 6.07 Å². The molecule has 0 aromatic heterocycles. The number of carbonyl (C=O) groups is 1. The molecule has 0 aliphatic rings. The van der Waals surface area contributed by atoms with Crippen molar-refractivity contribution < 1.29 is 21.9 Å². The SMILES string of the molecule is CC(C)OC(=O)c1[c-]cccc1.[Cl-].[Mg+2]. The van der Waals surface area contributed by atoms with Crippen LogP contribution in [0.4, 0.5) is 0 Å². The molecule has 0 saturated carbocycles. The molecule has 0 unspecified atom stereocenters. The predicted octanol–water partition coefficient (Wildman–Crippen LogP) is -1.32. The Hall–Kier alpha value is -0.254. The summed E-state index contributed by atoms with van der Waals surface area (Å²) in [6.07, 6.45) is -0.0777. The van der Waals surface area contributed by atoms with E-state index in [0.29, 0.717) is 5.56 Å². The van der Waals surface area contributed by atoms with E-state index in [-0.39, 0.29) is 47.5 Å². The number of carbonyl (C=O) groups excluding carboxylic acids is 1. The van der Waals surface area contributed by atoms with Gasteiger partial charge in [0.25, 0.3) is 0 Å². The van der Waals surface area contributed by atoms with E-state index < -0.39 is 0 Å². The second-order valence-electron chi connectivity index (χ2n) is 2.73. The number of ether oxygens (including phenoxy) is 1. The molecule has 0 aliphatic carbocycles. The van der Waals surface area contributed by atoms with E-state index in [1.807, 2.05) is 19.9 Å². The molecule has 0 radical (unpaired) electrons. The Morgan fingerprint density at radius 2 is 2.07 bits per heavy atom. The molecule has 1 aromatic carbocycles. The summed E-state index contributed by atoms with van der Waals surface area (Å²) in [6.45, 7) is 3.64. The topological polar surface area (TPSA) is 26.3 Å². The minimum Gasteiger partial charge on any atom is -1.00 e. The van der Waals surface area contributed by atoms with Crippen molar-refractivity contribution in [3.8, 4) is 0 Å². The second kappa shape index (κ2) is 8.09. The van der Waals surface area contributed by atoms with Gasteiger partial charge in [-0.15, -0.1) is 30.3 Å². The molecule has 0 aliphatic heterocycles. The Kier molecular flexibility index (Phi) is 9.35. The van der Waals surface area contributed by atoms with Crippen LogP contribution in [0.1, 0.15) is 24.2 Å². The Morgan fingerprint density at radius 3 is 2.50 bits per heavy atom. The van der Waals surface area contributed by atoms with Crippen LogP contribution in [0.5, 0.6) is 0 Å². The van der Waals surface area contributed by atoms with E-state index in [4.69, 9.17) is 4.74 Å². The third-order valence-corrected chi connectivity index (χ3v) is 1.27. The van der Waals surface area contributed by atoms with Gasteiger partial charge in [0.1, 0.15) is 0 Å². The third-order valence-electron chi connectivity index (χ3n) is 1.27. The Balaban J connectivity index is 0. The summed E-state index contributed by atoms with van der Waals surface area (Å²) in [5.74, 6) is -0.314. The third kappa shape index (κ3) is 5.47. The summed E-state index contributed by atoms with van der Waals surface area (Å²) in [6, 6.07) is 9.77. The van der Waals surface area contributed by atoms with Crippen molar-refractivity contribution in [1.29, 1.82) is 0 Å². The van der Waals surface area contributed by atoms with Gasteiger partial charge in [0.05, 0.1) is 6.10 Å². The maximum Gasteiger partial charge on any atom is 2.00 e. The number of halogens is 1. The van der Waals surface area contributed by atoms with Gasteiger partial charge in [-0.2, -0.15) is 0 Å². The normalized spacial score (nSPS) is 8.50. The summed E-state index contributed by atoms with van der Waals surface area (Å²) in [4.78, 5) is 11.2. The average molecular weight is 223 g/mol. The van der Waals surface area contributed by atoms with Crippen LogP contribution in [0.2, 0.25) is 0 Å². The van der Waals surface area contributed by atoms with E-state index >= 15 is 0 Å². The van der Waals surface area contributed by atoms with Gasteiger partial charge in [0, 0.05) is 0 Å². The molecule has 0 saturated heterocycles. The van der Waals surface area contributed by atoms with Gasteiger partial charge in [-0.25, -0.2) is 0 Å². The van der Waals surface area contributed by atoms with E-state index in [0.717, 1.165) is 0 Å². The van der Waals surface area contributed by atoms with Crippen LogP contribution < -0.4 is 12.4 Å². The molecule has 72 valence electrons. The monoisotopic (exact) mass is 222 g/mol. The maximum atomic E-state index is 11.2. The van der Waals surface area contributed by atoms with Crippen molar-refractivity contribution in [3.05, 3.63) is 35.9 Å². The van der Waals surface area contributed by atoms with Crippen molar-refractivity contribution in [1.82, 2.24) is 0 Å². The number of esters is 1. The van der Waals surface area contributed by atoms with Gasteiger partial charge in [-0.05, 0) is 13.8 Å². The van der Waals surface area contributed by atoms with Crippen molar-refractivity contribution in [2.75, 3.05) is 0 Å². The van der Waals surface area contributed by atoms with Crippen LogP contribution in [0, 0.1) is 6.07 Å². The summed E-state index contributed by atoms with van der Waals surface area (Å²) < 4.78 is 4.97. The molecule has 0 heterocycles. The fourth-order valence-corrected chi connectivity index (χ4v) is 0.798. The Bertz CT molecular complexity index is 262. The van der Waals surface area contributed by atoms with Crippen LogP contribution in [0.3, 0.4) is 0 Å². The summed E-state index contributed by atoms with van der Waals surface area (Å²) in [5, 5.41) is 0. The standard InChI is InChI=1S/C10H11O2.ClH.Mg/c1-8(2)12-10(11)9-6-4-3-5-7-9;;/h3-6,8H,1-2H3;1H;/q-1;;+2/p-1. The molecule has 1 rings (SSSR count). The first-order chi connectivity index (χ1) is 5.70. The molecule has 0 N–H and O–H groups in total. The number of hydrogen-bond acceptors (Lipinski definition) is 2. The molecular weight excluding hydrogens is 212 g/mol. The number of rotatable bonds is 2. The Labute approximate surface area is 107 Å². The largest absolute Gasteiger partial charge is 2.00 e. The van der Waals surface area contributed by atoms with Crippen LogP contribution >= 0.6 is 0 Å². The van der Waals surface area contributed by atoms with Crippen molar-refractivity contribution in [2.24, 2.45) is 0 Å². The van der Waals surface area contributed by atoms with Crippen molar-refractivity contribution in [2.45, 2.75) is 20.0 Å². The average Bonchev–Trinajstić information content (AvgIpc) is 2.05. The minimum absolute atomic E-state index is 0. The van der Waals surface area contributed by atoms with Gasteiger partial charge < -0.3 is 21.9 Å². The van der Waals surface area contributed by atoms with E-state index in [9.17, 15) is 4.79 Å². The van der Waals surface area contributed by atoms with Crippen LogP contribution in [-0.2, 0) is 4.74 Å². The molecule has 0 bridgehead atoms. The fraction of sp³-hybridized carbons (Fsp3) is 0.300. The van der Waals surface area contributed by atoms with Gasteiger partial charge in [-0.3, -0.25) is 0 Å². The first-order valence-electron chi connectivity index (χ1n) is 3.88. The smallest absolute Gasteiger partial charge is 1.00 e. The molecular formula is C10H11ClMgO2. The first kappa shape index (κ1) is 16.2. The zero-order valence-electron chi connectivity index (χ0n) is 8.29. The van der Waals surface area contributed by atoms with Gasteiger partial charge >= 0.3 is 23.1 Å². The summed E-state index contributed by atoms with van der Waals surface area (Å²) >= 11 is 0. The quantitative estimate of drug-likeness (QED) is 0.353. The second-order valence-corrected chi connectivity index (χ2v) is 2.73. The Morgan fingerprint density at radius 1 is 1.43 bits per heavy atom. The molecule has 0 amide bonds. The van der Waals surface area contributed by atoms with Crippen LogP contribution in [0.25, 0.3) is 0 Å². The zero-order valence-corrected chi connectivity index (χ0v) is 10.5. The molecule has 0 spiro atoms. The first-order valence-corrected chi connectivity index (χ1v) is 3.88. The molecule has 2 nitrogen and oxygen atoms in total. The molecule has 1 aromatic rings. The zero-order chi connectivity index (χ0) is 8.97. The van der Waals surface area contributed by atoms with E-state index in [1.165, 1.54) is 0 Å². The van der Waals surface area contributed by atoms with Gasteiger partial charge in [0.15, 0.2) is 0 Å². The molecule has 14 heavy (non-hydrogen) atoms. The molecule has 0 fully saturated rings. The number of hydrogen-bond donors (Lipinski definition) is 0. The van der Waals surface area contributed by atoms with Crippen LogP contribution in [0.15, 0.2) is 24.3 Å². The van der Waals surface area contributed by atoms with E-state index in [1.54, 1.807) is 18.2 Å². The summed E-state index contributed by atoms with van der Waals surface area (Å²) in [5.41, 5.74) is 0.478.